The minimum atomic E-state index is 0. The second kappa shape index (κ2) is 28.6. The van der Waals surface area contributed by atoms with Crippen molar-refractivity contribution in [1.82, 2.24) is 0 Å². The van der Waals surface area contributed by atoms with Crippen molar-refractivity contribution in [3.8, 4) is 0 Å². The molecule has 31 valence electrons. The van der Waals surface area contributed by atoms with Crippen molar-refractivity contribution in [2.45, 2.75) is 0 Å². The molecule has 5 heavy (non-hydrogen) atoms. The molecule has 0 aromatic rings. The van der Waals surface area contributed by atoms with E-state index in [9.17, 15) is 0 Å². The van der Waals surface area contributed by atoms with Gasteiger partial charge in [-0.25, -0.2) is 0 Å². The largest absolute Gasteiger partial charge is 0.316 e. The molecule has 0 aliphatic carbocycles. The molecule has 0 saturated carbocycles. The maximum atomic E-state index is 0. The van der Waals surface area contributed by atoms with Gasteiger partial charge in [0.05, 0.1) is 0 Å². The summed E-state index contributed by atoms with van der Waals surface area (Å²) in [5, 5.41) is 0. The Labute approximate surface area is 91.2 Å². The van der Waals surface area contributed by atoms with Crippen LogP contribution in [0.15, 0.2) is 0 Å². The molecule has 0 N–H and O–H groups in total. The molecular weight excluding hydrogens is 176 g/mol. The Morgan fingerprint density at radius 2 is 1.00 bits per heavy atom. The van der Waals surface area contributed by atoms with E-state index in [4.69, 9.17) is 0 Å². The van der Waals surface area contributed by atoms with Crippen LogP contribution in [0.1, 0.15) is 0 Å². The first kappa shape index (κ1) is 44.8. The van der Waals surface area contributed by atoms with Crippen LogP contribution in [0.2, 0.25) is 0 Å². The van der Waals surface area contributed by atoms with Crippen LogP contribution < -0.4 is 0 Å². The van der Waals surface area contributed by atoms with Gasteiger partial charge in [-0.3, -0.25) is 0 Å². The predicted molar refractivity (Wildman–Crippen MR) is 25.6 cm³/mol. The van der Waals surface area contributed by atoms with Crippen LogP contribution >= 0.6 is 0 Å². The number of rotatable bonds is 0. The van der Waals surface area contributed by atoms with Crippen molar-refractivity contribution in [2.75, 3.05) is 0 Å². The first-order valence-electron chi connectivity index (χ1n) is 0. The zero-order valence-electron chi connectivity index (χ0n) is 0.650. The van der Waals surface area contributed by atoms with E-state index < -0.39 is 0 Å². The average molecular weight is 182 g/mol. The van der Waals surface area contributed by atoms with Crippen LogP contribution in [-0.4, -0.2) is 59.3 Å². The van der Waals surface area contributed by atoms with Gasteiger partial charge in [0, 0.05) is 33.3 Å². The fourth-order valence-corrected chi connectivity index (χ4v) is 0. The second-order valence-corrected chi connectivity index (χ2v) is 0. The maximum absolute atomic E-state index is 0. The fraction of sp³-hybridized carbons (Fsp3) is 0. The van der Waals surface area contributed by atoms with Crippen LogP contribution in [0.3, 0.4) is 0 Å². The Bertz CT molecular complexity index is 11.6. The van der Waals surface area contributed by atoms with Gasteiger partial charge in [0.1, 0.15) is 0 Å². The zero-order chi connectivity index (χ0) is 0. The molecule has 0 saturated heterocycles. The fourth-order valence-electron chi connectivity index (χ4n) is 0. The van der Waals surface area contributed by atoms with Crippen molar-refractivity contribution in [1.29, 1.82) is 0 Å². The monoisotopic (exact) mass is 181 g/mol. The quantitative estimate of drug-likeness (QED) is 0.356. The van der Waals surface area contributed by atoms with E-state index in [2.05, 4.69) is 0 Å². The second-order valence-electron chi connectivity index (χ2n) is 0. The summed E-state index contributed by atoms with van der Waals surface area (Å²) in [6.45, 7) is 0. The van der Waals surface area contributed by atoms with Gasteiger partial charge in [0.25, 0.3) is 0 Å². The van der Waals surface area contributed by atoms with Crippen LogP contribution in [0.25, 0.3) is 0 Å². The summed E-state index contributed by atoms with van der Waals surface area (Å²) < 4.78 is 0. The van der Waals surface area contributed by atoms with E-state index in [0.29, 0.717) is 0 Å². The molecule has 0 bridgehead atoms. The molecule has 5 heteroatoms. The molecule has 0 unspecified atom stereocenters. The van der Waals surface area contributed by atoms with E-state index >= 15 is 0 Å². The standard InChI is InChI=1S/Al.Co.Li.Mg.Ni.6H. The van der Waals surface area contributed by atoms with E-state index in [1.807, 2.05) is 0 Å². The molecule has 0 aromatic heterocycles. The molecule has 0 aliphatic rings. The predicted octanol–water partition coefficient (Wildman–Crippen LogP) is -2.75. The molecule has 0 nitrogen and oxygen atoms in total. The van der Waals surface area contributed by atoms with Crippen molar-refractivity contribution in [2.24, 2.45) is 0 Å². The van der Waals surface area contributed by atoms with Crippen molar-refractivity contribution in [3.05, 3.63) is 0 Å². The van der Waals surface area contributed by atoms with Gasteiger partial charge in [-0.2, -0.15) is 0 Å². The zero-order valence-corrected chi connectivity index (χ0v) is 2.68. The van der Waals surface area contributed by atoms with Crippen LogP contribution in [0.5, 0.6) is 0 Å². The summed E-state index contributed by atoms with van der Waals surface area (Å²) >= 11 is 0. The normalized spacial score (nSPS) is 0. The topological polar surface area (TPSA) is 0 Å². The van der Waals surface area contributed by atoms with Crippen molar-refractivity contribution in [3.63, 3.8) is 0 Å². The SMILES string of the molecule is [AlH3].[Co].[LiH].[MgH2].[Ni]. The van der Waals surface area contributed by atoms with Gasteiger partial charge in [0.2, 0.25) is 0 Å². The molecule has 0 aliphatic heterocycles. The average Bonchev–Trinajstić information content (AvgIpc) is 0. The van der Waals surface area contributed by atoms with Crippen LogP contribution in [0, 0.1) is 0 Å². The summed E-state index contributed by atoms with van der Waals surface area (Å²) in [6.07, 6.45) is 0. The first-order valence-corrected chi connectivity index (χ1v) is 0. The Morgan fingerprint density at radius 1 is 1.00 bits per heavy atom. The van der Waals surface area contributed by atoms with Gasteiger partial charge in [-0.05, 0) is 0 Å². The molecule has 0 spiro atoms. The minimum absolute atomic E-state index is 0. The van der Waals surface area contributed by atoms with Gasteiger partial charge < -0.3 is 0 Å². The molecule has 0 atom stereocenters. The Hall–Kier alpha value is 2.90. The van der Waals surface area contributed by atoms with Gasteiger partial charge in [0.15, 0.2) is 17.4 Å². The summed E-state index contributed by atoms with van der Waals surface area (Å²) in [7, 11) is 0. The summed E-state index contributed by atoms with van der Waals surface area (Å²) in [6, 6.07) is 0. The van der Waals surface area contributed by atoms with Crippen molar-refractivity contribution < 1.29 is 33.3 Å². The third kappa shape index (κ3) is 19.7. The third-order valence-corrected chi connectivity index (χ3v) is 0. The summed E-state index contributed by atoms with van der Waals surface area (Å²) in [5.74, 6) is 0. The third-order valence-electron chi connectivity index (χ3n) is 0. The number of hydrogen-bond acceptors (Lipinski definition) is 0. The molecule has 0 heterocycles. The Balaban J connectivity index is 0. The summed E-state index contributed by atoms with van der Waals surface area (Å²) in [4.78, 5) is 0. The van der Waals surface area contributed by atoms with E-state index in [0.717, 1.165) is 0 Å². The first-order chi connectivity index (χ1) is 0. The van der Waals surface area contributed by atoms with Gasteiger partial charge >= 0.3 is 41.9 Å². The molecule has 0 aromatic carbocycles. The minimum Gasteiger partial charge on any atom is 0 e. The number of hydrogen-bond donors (Lipinski definition) is 0. The van der Waals surface area contributed by atoms with Crippen LogP contribution in [0.4, 0.5) is 0 Å². The molecule has 0 rings (SSSR count). The maximum Gasteiger partial charge on any atom is 0.316 e. The van der Waals surface area contributed by atoms with E-state index in [1.165, 1.54) is 0 Å². The Morgan fingerprint density at radius 3 is 1.00 bits per heavy atom. The van der Waals surface area contributed by atoms with Gasteiger partial charge in [-0.15, -0.1) is 0 Å². The molecule has 0 amide bonds. The molecule has 0 fully saturated rings. The smallest absolute Gasteiger partial charge is 0 e. The van der Waals surface area contributed by atoms with Gasteiger partial charge in [-0.1, -0.05) is 0 Å². The summed E-state index contributed by atoms with van der Waals surface area (Å²) in [5.41, 5.74) is 0. The van der Waals surface area contributed by atoms with E-state index in [-0.39, 0.29) is 92.5 Å². The molecule has 1 radical (unpaired) electrons. The van der Waals surface area contributed by atoms with Crippen LogP contribution in [-0.2, 0) is 33.3 Å². The molecular formula is H6AlCoLiMgNi. The Kier molecular flexibility index (Phi) is 256. The van der Waals surface area contributed by atoms with Crippen molar-refractivity contribution >= 4 is 59.3 Å². The van der Waals surface area contributed by atoms with E-state index in [1.54, 1.807) is 0 Å².